The van der Waals surface area contributed by atoms with Crippen LogP contribution in [0.3, 0.4) is 0 Å². The van der Waals surface area contributed by atoms with Crippen LogP contribution in [-0.4, -0.2) is 385 Å². The monoisotopic (exact) mass is 1200 g/mol. The Hall–Kier alpha value is -1.93. The van der Waals surface area contributed by atoms with Crippen LogP contribution in [0, 0.1) is 0 Å². The van der Waals surface area contributed by atoms with Gasteiger partial charge in [0.15, 0.2) is 37.7 Å². The van der Waals surface area contributed by atoms with Crippen LogP contribution in [-0.2, 0) is 61.6 Å². The standard InChI is InChI=1S/C44H77NO36/c1-10(52)45-11(2-46)19(54)35(12(53)3-47)78-43-34(69)37(80-41-31(66)27(62)21(56)14(5-49)73-41)25(60)18(77-43)8-70-39-33(68)36(79-40-30(65)26(61)20(55)13(4-48)72-40)24(59)17(76-39)9-71-44-38(29(64)23(58)16(7-51)75-44)81-42-32(67)28(63)22(57)15(6-50)74-42/h11-44,46-51,53-69H,2-9H2,1H3,(H,45,52)/t11-,12+,13+,14+,15+,16+,17+,18+,19+,20+,21+,22+,23+,24+,25+,26-,27-,28-,29-,30-,31-,32-,33-,34-,35+,36-,37-,38-,39-,40+,41+,42+,43-,44-/m0/s1. The largest absolute Gasteiger partial charge is 0.394 e. The molecule has 0 radical (unpaired) electrons. The smallest absolute Gasteiger partial charge is 0.217 e. The highest BCUT2D eigenvalue weighted by Gasteiger charge is 2.57. The highest BCUT2D eigenvalue weighted by Crippen LogP contribution is 2.36. The summed E-state index contributed by atoms with van der Waals surface area (Å²) in [5.41, 5.74) is 0. The maximum atomic E-state index is 11.9. The van der Waals surface area contributed by atoms with Gasteiger partial charge in [-0.15, -0.1) is 0 Å². The molecule has 0 spiro atoms. The second kappa shape index (κ2) is 30.1. The summed E-state index contributed by atoms with van der Waals surface area (Å²) >= 11 is 0. The first-order valence-corrected chi connectivity index (χ1v) is 25.6. The Kier molecular flexibility index (Phi) is 25.4. The summed E-state index contributed by atoms with van der Waals surface area (Å²) < 4.78 is 68.1. The molecule has 37 heteroatoms. The number of amides is 1. The Morgan fingerprint density at radius 3 is 1.12 bits per heavy atom. The van der Waals surface area contributed by atoms with Gasteiger partial charge in [-0.1, -0.05) is 0 Å². The third-order valence-electron chi connectivity index (χ3n) is 14.6. The van der Waals surface area contributed by atoms with Crippen molar-refractivity contribution in [2.24, 2.45) is 0 Å². The van der Waals surface area contributed by atoms with E-state index in [1.807, 2.05) is 0 Å². The molecular formula is C44H77NO36. The molecule has 6 rings (SSSR count). The number of aliphatic hydroxyl groups is 23. The van der Waals surface area contributed by atoms with Crippen molar-refractivity contribution in [1.82, 2.24) is 5.32 Å². The number of hydrogen-bond acceptors (Lipinski definition) is 36. The van der Waals surface area contributed by atoms with Crippen molar-refractivity contribution in [2.75, 3.05) is 52.9 Å². The van der Waals surface area contributed by atoms with Crippen molar-refractivity contribution in [3.05, 3.63) is 0 Å². The van der Waals surface area contributed by atoms with Crippen LogP contribution >= 0.6 is 0 Å². The lowest BCUT2D eigenvalue weighted by atomic mass is 9.96. The zero-order valence-corrected chi connectivity index (χ0v) is 42.9. The van der Waals surface area contributed by atoms with Crippen LogP contribution in [0.2, 0.25) is 0 Å². The Bertz CT molecular complexity index is 1890. The summed E-state index contributed by atoms with van der Waals surface area (Å²) in [6.07, 6.45) is -67.3. The summed E-state index contributed by atoms with van der Waals surface area (Å²) in [7, 11) is 0. The van der Waals surface area contributed by atoms with Crippen molar-refractivity contribution in [1.29, 1.82) is 0 Å². The van der Waals surface area contributed by atoms with E-state index in [2.05, 4.69) is 5.32 Å². The molecule has 1 amide bonds. The minimum Gasteiger partial charge on any atom is -0.394 e. The zero-order valence-electron chi connectivity index (χ0n) is 42.9. The van der Waals surface area contributed by atoms with Gasteiger partial charge in [0.1, 0.15) is 165 Å². The number of ether oxygens (including phenoxy) is 12. The van der Waals surface area contributed by atoms with E-state index < -0.39 is 267 Å². The molecule has 0 unspecified atom stereocenters. The van der Waals surface area contributed by atoms with Gasteiger partial charge in [0.05, 0.1) is 58.9 Å². The number of hydrogen-bond donors (Lipinski definition) is 24. The second-order valence-electron chi connectivity index (χ2n) is 20.1. The quantitative estimate of drug-likeness (QED) is 0.0427. The maximum absolute atomic E-state index is 11.9. The molecule has 6 heterocycles. The molecule has 6 fully saturated rings. The fourth-order valence-corrected chi connectivity index (χ4v) is 9.76. The van der Waals surface area contributed by atoms with E-state index in [1.54, 1.807) is 0 Å². The van der Waals surface area contributed by atoms with E-state index in [0.29, 0.717) is 0 Å². The lowest BCUT2D eigenvalue weighted by Crippen LogP contribution is -2.67. The van der Waals surface area contributed by atoms with Crippen LogP contribution in [0.1, 0.15) is 6.92 Å². The van der Waals surface area contributed by atoms with E-state index in [4.69, 9.17) is 56.8 Å². The molecule has 6 aliphatic rings. The number of nitrogens with one attached hydrogen (secondary N) is 1. The minimum absolute atomic E-state index is 0.803. The molecule has 0 saturated carbocycles. The Labute approximate surface area is 458 Å². The van der Waals surface area contributed by atoms with Crippen molar-refractivity contribution in [2.45, 2.75) is 216 Å². The van der Waals surface area contributed by atoms with E-state index >= 15 is 0 Å². The number of rotatable bonds is 24. The predicted octanol–water partition coefficient (Wildman–Crippen LogP) is -16.5. The van der Waals surface area contributed by atoms with Crippen LogP contribution in [0.5, 0.6) is 0 Å². The summed E-state index contributed by atoms with van der Waals surface area (Å²) in [5.74, 6) is -0.803. The molecule has 24 N–H and O–H groups in total. The molecule has 0 aromatic carbocycles. The average molecular weight is 1200 g/mol. The van der Waals surface area contributed by atoms with Crippen molar-refractivity contribution < 1.29 is 179 Å². The van der Waals surface area contributed by atoms with Gasteiger partial charge in [0, 0.05) is 6.92 Å². The third kappa shape index (κ3) is 15.3. The molecule has 0 aliphatic carbocycles. The van der Waals surface area contributed by atoms with Crippen LogP contribution < -0.4 is 5.32 Å². The SMILES string of the molecule is CC(=O)N[C@@H](CO)[C@@H](O)[C@H](O[C@@H]1O[C@H](CO[C@H]2O[C@H](CO[C@H]3O[C@H](CO)[C@@H](O)[C@H](O)[C@@H]3O[C@H]3O[C@H](CO)[C@@H](O)[C@H](O)[C@@H]3O)[C@@H](O)[C@H](O[C@H]3O[C@H](CO)[C@@H](O)[C@H](O)[C@@H]3O)[C@@H]2O)[C@@H](O)[C@H](O[C@H]2O[C@H](CO)[C@@H](O)[C@H](O)[C@@H]2O)[C@@H]1O)[C@H](O)CO. The molecule has 6 aliphatic heterocycles. The summed E-state index contributed by atoms with van der Waals surface area (Å²) in [6, 6.07) is -1.63. The topological polar surface area (TPSA) is 605 Å². The molecule has 81 heavy (non-hydrogen) atoms. The molecule has 0 bridgehead atoms. The lowest BCUT2D eigenvalue weighted by Gasteiger charge is -2.48. The average Bonchev–Trinajstić information content (AvgIpc) is 3.64. The lowest BCUT2D eigenvalue weighted by molar-refractivity contribution is -0.385. The third-order valence-corrected chi connectivity index (χ3v) is 14.6. The first-order valence-electron chi connectivity index (χ1n) is 25.6. The predicted molar refractivity (Wildman–Crippen MR) is 246 cm³/mol. The van der Waals surface area contributed by atoms with E-state index in [-0.39, 0.29) is 0 Å². The fourth-order valence-electron chi connectivity index (χ4n) is 9.76. The van der Waals surface area contributed by atoms with E-state index in [0.717, 1.165) is 6.92 Å². The van der Waals surface area contributed by atoms with E-state index in [1.165, 1.54) is 0 Å². The minimum atomic E-state index is -2.34. The van der Waals surface area contributed by atoms with Gasteiger partial charge >= 0.3 is 0 Å². The van der Waals surface area contributed by atoms with Gasteiger partial charge in [-0.2, -0.15) is 0 Å². The van der Waals surface area contributed by atoms with Gasteiger partial charge in [-0.25, -0.2) is 0 Å². The van der Waals surface area contributed by atoms with Crippen molar-refractivity contribution >= 4 is 5.91 Å². The van der Waals surface area contributed by atoms with Crippen molar-refractivity contribution in [3.8, 4) is 0 Å². The molecule has 6 saturated heterocycles. The first-order chi connectivity index (χ1) is 38.3. The zero-order chi connectivity index (χ0) is 60.1. The van der Waals surface area contributed by atoms with E-state index in [9.17, 15) is 122 Å². The molecular weight excluding hydrogens is 1120 g/mol. The molecule has 474 valence electrons. The van der Waals surface area contributed by atoms with Gasteiger partial charge < -0.3 is 180 Å². The van der Waals surface area contributed by atoms with Gasteiger partial charge in [-0.3, -0.25) is 4.79 Å². The number of carbonyl (C=O) groups excluding carboxylic acids is 1. The fraction of sp³-hybridized carbons (Fsp3) is 0.977. The van der Waals surface area contributed by atoms with Crippen LogP contribution in [0.4, 0.5) is 0 Å². The molecule has 34 atom stereocenters. The Morgan fingerprint density at radius 2 is 0.741 bits per heavy atom. The Morgan fingerprint density at radius 1 is 0.395 bits per heavy atom. The van der Waals surface area contributed by atoms with Crippen molar-refractivity contribution in [3.63, 3.8) is 0 Å². The summed E-state index contributed by atoms with van der Waals surface area (Å²) in [4.78, 5) is 11.9. The summed E-state index contributed by atoms with van der Waals surface area (Å²) in [5, 5.41) is 247. The highest BCUT2D eigenvalue weighted by atomic mass is 16.8. The maximum Gasteiger partial charge on any atom is 0.217 e. The number of aliphatic hydroxyl groups excluding tert-OH is 23. The van der Waals surface area contributed by atoms with Crippen LogP contribution in [0.25, 0.3) is 0 Å². The molecule has 0 aromatic heterocycles. The second-order valence-corrected chi connectivity index (χ2v) is 20.1. The Balaban J connectivity index is 1.31. The first kappa shape index (κ1) is 68.2. The summed E-state index contributed by atoms with van der Waals surface area (Å²) in [6.45, 7) is -7.19. The number of carbonyl (C=O) groups is 1. The molecule has 0 aromatic rings. The van der Waals surface area contributed by atoms with Gasteiger partial charge in [0.25, 0.3) is 0 Å². The highest BCUT2D eigenvalue weighted by molar-refractivity contribution is 5.73. The normalized spacial score (nSPS) is 47.8. The van der Waals surface area contributed by atoms with Gasteiger partial charge in [0.2, 0.25) is 5.91 Å². The van der Waals surface area contributed by atoms with Gasteiger partial charge in [-0.05, 0) is 0 Å². The van der Waals surface area contributed by atoms with Crippen LogP contribution in [0.15, 0.2) is 0 Å². The molecule has 37 nitrogen and oxygen atoms in total.